The molecule has 10 nitrogen and oxygen atoms in total. The Hall–Kier alpha value is -0.400. The summed E-state index contributed by atoms with van der Waals surface area (Å²) in [6.45, 7) is -2.19. The highest BCUT2D eigenvalue weighted by Gasteiger charge is 2.64. The summed E-state index contributed by atoms with van der Waals surface area (Å²) >= 11 is 0. The van der Waals surface area contributed by atoms with E-state index in [1.807, 2.05) is 0 Å². The third-order valence-corrected chi connectivity index (χ3v) is 4.03. The van der Waals surface area contributed by atoms with Gasteiger partial charge in [-0.1, -0.05) is 0 Å². The van der Waals surface area contributed by atoms with Crippen LogP contribution in [0.25, 0.3) is 0 Å². The number of ether oxygens (including phenoxy) is 2. The van der Waals surface area contributed by atoms with Crippen molar-refractivity contribution in [3.8, 4) is 0 Å². The fourth-order valence-electron chi connectivity index (χ4n) is 2.59. The Balaban J connectivity index is 2.28. The lowest BCUT2D eigenvalue weighted by Crippen LogP contribution is -2.71. The molecule has 2 fully saturated rings. The average Bonchev–Trinajstić information content (AvgIpc) is 2.78. The van der Waals surface area contributed by atoms with Gasteiger partial charge in [0.05, 0.1) is 19.8 Å². The van der Waals surface area contributed by atoms with Gasteiger partial charge < -0.3 is 50.3 Å². The minimum Gasteiger partial charge on any atom is -0.394 e. The van der Waals surface area contributed by atoms with E-state index in [1.54, 1.807) is 0 Å². The van der Waals surface area contributed by atoms with E-state index in [1.165, 1.54) is 0 Å². The van der Waals surface area contributed by atoms with Crippen molar-refractivity contribution in [3.63, 3.8) is 0 Å². The lowest BCUT2D eigenvalue weighted by Gasteiger charge is -2.48. The van der Waals surface area contributed by atoms with E-state index in [4.69, 9.17) is 19.7 Å². The van der Waals surface area contributed by atoms with Crippen LogP contribution in [0.2, 0.25) is 0 Å². The maximum Gasteiger partial charge on any atom is 0.225 e. The summed E-state index contributed by atoms with van der Waals surface area (Å²) in [5.74, 6) is -2.69. The summed E-state index contributed by atoms with van der Waals surface area (Å²) in [7, 11) is 0. The molecule has 0 aromatic heterocycles. The zero-order valence-corrected chi connectivity index (χ0v) is 11.0. The van der Waals surface area contributed by atoms with E-state index in [9.17, 15) is 30.6 Å². The molecule has 2 rings (SSSR count). The molecule has 0 spiro atoms. The summed E-state index contributed by atoms with van der Waals surface area (Å²) in [5, 5.41) is 77.6. The van der Waals surface area contributed by atoms with Crippen LogP contribution in [-0.4, -0.2) is 109 Å². The Morgan fingerprint density at radius 3 is 2.05 bits per heavy atom. The van der Waals surface area contributed by atoms with E-state index in [2.05, 4.69) is 0 Å². The first kappa shape index (κ1) is 17.0. The molecule has 0 aliphatic carbocycles. The molecular weight excluding hydrogens is 292 g/mol. The first-order valence-electron chi connectivity index (χ1n) is 6.39. The molecule has 3 unspecified atom stereocenters. The van der Waals surface area contributed by atoms with Gasteiger partial charge in [0.1, 0.15) is 42.2 Å². The molecule has 124 valence electrons. The van der Waals surface area contributed by atoms with Crippen molar-refractivity contribution in [2.75, 3.05) is 19.8 Å². The van der Waals surface area contributed by atoms with Crippen LogP contribution in [0.15, 0.2) is 0 Å². The summed E-state index contributed by atoms with van der Waals surface area (Å²) < 4.78 is 9.97. The van der Waals surface area contributed by atoms with E-state index >= 15 is 0 Å². The van der Waals surface area contributed by atoms with Gasteiger partial charge >= 0.3 is 0 Å². The fraction of sp³-hybridized carbons (Fsp3) is 1.00. The Kier molecular flexibility index (Phi) is 4.57. The van der Waals surface area contributed by atoms with Crippen LogP contribution in [0.5, 0.6) is 0 Å². The molecule has 0 saturated carbocycles. The second-order valence-corrected chi connectivity index (χ2v) is 5.45. The van der Waals surface area contributed by atoms with Crippen LogP contribution < -0.4 is 0 Å². The summed E-state index contributed by atoms with van der Waals surface area (Å²) in [4.78, 5) is 0. The zero-order valence-electron chi connectivity index (χ0n) is 11.0. The van der Waals surface area contributed by atoms with Crippen LogP contribution in [0.3, 0.4) is 0 Å². The van der Waals surface area contributed by atoms with Gasteiger partial charge in [-0.25, -0.2) is 0 Å². The van der Waals surface area contributed by atoms with Crippen molar-refractivity contribution >= 4 is 0 Å². The van der Waals surface area contributed by atoms with Gasteiger partial charge in [0.2, 0.25) is 5.79 Å². The minimum absolute atomic E-state index is 0.545. The maximum absolute atomic E-state index is 10.4. The third kappa shape index (κ3) is 2.47. The predicted octanol–water partition coefficient (Wildman–Crippen LogP) is -5.37. The van der Waals surface area contributed by atoms with Gasteiger partial charge in [-0.05, 0) is 0 Å². The topological polar surface area (TPSA) is 180 Å². The minimum atomic E-state index is -2.69. The molecule has 0 bridgehead atoms. The molecule has 8 N–H and O–H groups in total. The Morgan fingerprint density at radius 2 is 1.57 bits per heavy atom. The fourth-order valence-corrected chi connectivity index (χ4v) is 2.59. The quantitative estimate of drug-likeness (QED) is 0.250. The lowest BCUT2D eigenvalue weighted by molar-refractivity contribution is -0.381. The molecule has 21 heavy (non-hydrogen) atoms. The highest BCUT2D eigenvalue weighted by atomic mass is 16.7. The number of hydrogen-bond donors (Lipinski definition) is 8. The average molecular weight is 312 g/mol. The molecule has 2 saturated heterocycles. The van der Waals surface area contributed by atoms with Gasteiger partial charge in [0.15, 0.2) is 0 Å². The van der Waals surface area contributed by atoms with E-state index in [0.717, 1.165) is 0 Å². The van der Waals surface area contributed by atoms with Crippen LogP contribution in [0, 0.1) is 0 Å². The van der Waals surface area contributed by atoms with Gasteiger partial charge in [0.25, 0.3) is 0 Å². The number of hydrogen-bond acceptors (Lipinski definition) is 10. The molecule has 0 aromatic rings. The van der Waals surface area contributed by atoms with Crippen molar-refractivity contribution < 1.29 is 50.3 Å². The van der Waals surface area contributed by atoms with Crippen LogP contribution in [0.1, 0.15) is 0 Å². The molecular formula is C11H20O10. The van der Waals surface area contributed by atoms with Crippen LogP contribution in [0.4, 0.5) is 0 Å². The SMILES string of the molecule is OC[C@H]1OC(O)(C2OCC(O)(CO)[C@H]2O)[C@H](O)[C@@H](O)[C@@H]1O. The Morgan fingerprint density at radius 1 is 0.952 bits per heavy atom. The summed E-state index contributed by atoms with van der Waals surface area (Å²) in [6, 6.07) is 0. The first-order chi connectivity index (χ1) is 9.71. The Bertz CT molecular complexity index is 378. The largest absolute Gasteiger partial charge is 0.394 e. The molecule has 2 aliphatic rings. The standard InChI is InChI=1S/C11H20O10/c12-1-4-5(14)6(15)7(16)11(19,21-4)9-8(17)10(18,2-13)3-20-9/h4-9,12-19H,1-3H2/t4-,5-,6+,7-,8+,9?,10?,11?/m1/s1. The van der Waals surface area contributed by atoms with Gasteiger partial charge in [-0.3, -0.25) is 0 Å². The Labute approximate surface area is 119 Å². The van der Waals surface area contributed by atoms with Crippen molar-refractivity contribution in [1.29, 1.82) is 0 Å². The maximum atomic E-state index is 10.4. The predicted molar refractivity (Wildman–Crippen MR) is 62.7 cm³/mol. The smallest absolute Gasteiger partial charge is 0.225 e. The van der Waals surface area contributed by atoms with Crippen molar-refractivity contribution in [2.24, 2.45) is 0 Å². The summed E-state index contributed by atoms with van der Waals surface area (Å²) in [6.07, 6.45) is -10.6. The normalized spacial score (nSPS) is 54.9. The van der Waals surface area contributed by atoms with Gasteiger partial charge in [-0.2, -0.15) is 0 Å². The van der Waals surface area contributed by atoms with Gasteiger partial charge in [0, 0.05) is 0 Å². The van der Waals surface area contributed by atoms with Crippen molar-refractivity contribution in [1.82, 2.24) is 0 Å². The van der Waals surface area contributed by atoms with E-state index in [0.29, 0.717) is 0 Å². The third-order valence-electron chi connectivity index (χ3n) is 4.03. The second kappa shape index (κ2) is 5.66. The molecule has 0 aromatic carbocycles. The van der Waals surface area contributed by atoms with Gasteiger partial charge in [-0.15, -0.1) is 0 Å². The highest BCUT2D eigenvalue weighted by Crippen LogP contribution is 2.38. The van der Waals surface area contributed by atoms with E-state index < -0.39 is 67.8 Å². The number of aliphatic hydroxyl groups excluding tert-OH is 6. The molecule has 0 radical (unpaired) electrons. The summed E-state index contributed by atoms with van der Waals surface area (Å²) in [5.41, 5.74) is -2.07. The molecule has 8 atom stereocenters. The number of aliphatic hydroxyl groups is 8. The molecule has 2 heterocycles. The monoisotopic (exact) mass is 312 g/mol. The van der Waals surface area contributed by atoms with Crippen LogP contribution in [-0.2, 0) is 9.47 Å². The molecule has 0 amide bonds. The molecule has 10 heteroatoms. The zero-order chi connectivity index (χ0) is 16.0. The molecule has 2 aliphatic heterocycles. The first-order valence-corrected chi connectivity index (χ1v) is 6.39. The lowest BCUT2D eigenvalue weighted by atomic mass is 9.85. The highest BCUT2D eigenvalue weighted by molar-refractivity contribution is 5.08. The van der Waals surface area contributed by atoms with Crippen molar-refractivity contribution in [2.45, 2.75) is 48.0 Å². The van der Waals surface area contributed by atoms with E-state index in [-0.39, 0.29) is 0 Å². The van der Waals surface area contributed by atoms with Crippen LogP contribution >= 0.6 is 0 Å². The second-order valence-electron chi connectivity index (χ2n) is 5.45. The van der Waals surface area contributed by atoms with Crippen molar-refractivity contribution in [3.05, 3.63) is 0 Å². The number of rotatable bonds is 3.